The topological polar surface area (TPSA) is 39.2 Å². The number of methoxy groups -OCH3 is 1. The summed E-state index contributed by atoms with van der Waals surface area (Å²) >= 11 is 2.85. The molecule has 0 atom stereocenters. The number of ether oxygens (including phenoxy) is 1. The molecule has 0 aliphatic heterocycles. The molecule has 2 rings (SSSR count). The van der Waals surface area contributed by atoms with Crippen LogP contribution >= 0.6 is 23.1 Å². The van der Waals surface area contributed by atoms with E-state index in [0.29, 0.717) is 10.6 Å². The lowest BCUT2D eigenvalue weighted by atomic mass is 10.4. The molecule has 18 heavy (non-hydrogen) atoms. The van der Waals surface area contributed by atoms with Gasteiger partial charge in [-0.3, -0.25) is 0 Å². The third kappa shape index (κ3) is 3.30. The molecule has 94 valence electrons. The second-order valence-electron chi connectivity index (χ2n) is 3.35. The molecule has 0 spiro atoms. The standard InChI is InChI=1S/C12H10FNO2S2/c1-16-12(15)10-6-14-11(18-10)7-17-9-4-2-8(13)3-5-9/h2-6H,7H2,1H3. The SMILES string of the molecule is COC(=O)c1cnc(CSc2ccc(F)cc2)s1. The minimum atomic E-state index is -0.370. The van der Waals surface area contributed by atoms with E-state index in [1.54, 1.807) is 23.9 Å². The predicted molar refractivity (Wildman–Crippen MR) is 69.4 cm³/mol. The smallest absolute Gasteiger partial charge is 0.349 e. The first-order valence-electron chi connectivity index (χ1n) is 5.10. The Morgan fingerprint density at radius 1 is 1.44 bits per heavy atom. The second-order valence-corrected chi connectivity index (χ2v) is 5.52. The minimum Gasteiger partial charge on any atom is -0.465 e. The third-order valence-corrected chi connectivity index (χ3v) is 4.30. The molecule has 0 N–H and O–H groups in total. The zero-order valence-corrected chi connectivity index (χ0v) is 11.2. The maximum absolute atomic E-state index is 12.7. The molecule has 0 bridgehead atoms. The Morgan fingerprint density at radius 2 is 2.17 bits per heavy atom. The van der Waals surface area contributed by atoms with Gasteiger partial charge in [0.05, 0.1) is 19.1 Å². The largest absolute Gasteiger partial charge is 0.465 e. The summed E-state index contributed by atoms with van der Waals surface area (Å²) in [6.07, 6.45) is 1.51. The van der Waals surface area contributed by atoms with E-state index in [1.165, 1.54) is 36.8 Å². The number of carbonyl (C=O) groups excluding carboxylic acids is 1. The summed E-state index contributed by atoms with van der Waals surface area (Å²) in [5.74, 6) is 0.0277. The summed E-state index contributed by atoms with van der Waals surface area (Å²) in [6.45, 7) is 0. The molecule has 6 heteroatoms. The van der Waals surface area contributed by atoms with E-state index < -0.39 is 0 Å². The molecule has 3 nitrogen and oxygen atoms in total. The average molecular weight is 283 g/mol. The third-order valence-electron chi connectivity index (χ3n) is 2.12. The Kier molecular flexibility index (Phi) is 4.33. The summed E-state index contributed by atoms with van der Waals surface area (Å²) in [6, 6.07) is 6.28. The van der Waals surface area contributed by atoms with Gasteiger partial charge in [0, 0.05) is 4.90 Å². The van der Waals surface area contributed by atoms with Crippen LogP contribution in [0.1, 0.15) is 14.7 Å². The Hall–Kier alpha value is -1.40. The van der Waals surface area contributed by atoms with Crippen LogP contribution in [-0.4, -0.2) is 18.1 Å². The van der Waals surface area contributed by atoms with Crippen molar-refractivity contribution in [3.63, 3.8) is 0 Å². The fourth-order valence-corrected chi connectivity index (χ4v) is 2.98. The highest BCUT2D eigenvalue weighted by molar-refractivity contribution is 7.98. The summed E-state index contributed by atoms with van der Waals surface area (Å²) < 4.78 is 17.3. The van der Waals surface area contributed by atoms with Crippen molar-refractivity contribution in [3.8, 4) is 0 Å². The molecule has 0 fully saturated rings. The molecule has 0 aliphatic rings. The molecule has 0 saturated heterocycles. The molecule has 0 radical (unpaired) electrons. The number of carbonyl (C=O) groups is 1. The number of benzene rings is 1. The van der Waals surface area contributed by atoms with Crippen LogP contribution in [0.5, 0.6) is 0 Å². The second kappa shape index (κ2) is 5.97. The van der Waals surface area contributed by atoms with E-state index in [2.05, 4.69) is 9.72 Å². The molecule has 1 heterocycles. The van der Waals surface area contributed by atoms with Crippen LogP contribution in [0.4, 0.5) is 4.39 Å². The number of esters is 1. The van der Waals surface area contributed by atoms with Gasteiger partial charge in [-0.15, -0.1) is 23.1 Å². The number of rotatable bonds is 4. The zero-order valence-electron chi connectivity index (χ0n) is 9.55. The van der Waals surface area contributed by atoms with Gasteiger partial charge in [-0.2, -0.15) is 0 Å². The minimum absolute atomic E-state index is 0.249. The Balaban J connectivity index is 1.96. The van der Waals surface area contributed by atoms with Crippen LogP contribution in [0.2, 0.25) is 0 Å². The lowest BCUT2D eigenvalue weighted by Crippen LogP contribution is -1.96. The predicted octanol–water partition coefficient (Wildman–Crippen LogP) is 3.36. The van der Waals surface area contributed by atoms with Crippen LogP contribution in [-0.2, 0) is 10.5 Å². The molecule has 1 aromatic heterocycles. The maximum atomic E-state index is 12.7. The van der Waals surface area contributed by atoms with E-state index in [0.717, 1.165) is 9.90 Å². The van der Waals surface area contributed by atoms with E-state index >= 15 is 0 Å². The Labute approximate surface area is 112 Å². The van der Waals surface area contributed by atoms with Gasteiger partial charge < -0.3 is 4.74 Å². The molecular formula is C12H10FNO2S2. The van der Waals surface area contributed by atoms with E-state index in [9.17, 15) is 9.18 Å². The van der Waals surface area contributed by atoms with Crippen molar-refractivity contribution in [3.05, 3.63) is 46.2 Å². The molecule has 1 aromatic carbocycles. The highest BCUT2D eigenvalue weighted by Crippen LogP contribution is 2.25. The van der Waals surface area contributed by atoms with Crippen molar-refractivity contribution in [2.45, 2.75) is 10.6 Å². The van der Waals surface area contributed by atoms with E-state index in [-0.39, 0.29) is 11.8 Å². The first kappa shape index (κ1) is 13.0. The lowest BCUT2D eigenvalue weighted by molar-refractivity contribution is 0.0606. The van der Waals surface area contributed by atoms with E-state index in [4.69, 9.17) is 0 Å². The molecule has 0 saturated carbocycles. The van der Waals surface area contributed by atoms with Crippen molar-refractivity contribution in [1.29, 1.82) is 0 Å². The van der Waals surface area contributed by atoms with Crippen molar-refractivity contribution in [2.75, 3.05) is 7.11 Å². The zero-order chi connectivity index (χ0) is 13.0. The maximum Gasteiger partial charge on any atom is 0.349 e. The normalized spacial score (nSPS) is 10.3. The van der Waals surface area contributed by atoms with Crippen LogP contribution in [0.3, 0.4) is 0 Å². The highest BCUT2D eigenvalue weighted by Gasteiger charge is 2.10. The number of hydrogen-bond donors (Lipinski definition) is 0. The quantitative estimate of drug-likeness (QED) is 0.637. The van der Waals surface area contributed by atoms with E-state index in [1.807, 2.05) is 0 Å². The van der Waals surface area contributed by atoms with Gasteiger partial charge in [-0.25, -0.2) is 14.2 Å². The van der Waals surface area contributed by atoms with Crippen molar-refractivity contribution < 1.29 is 13.9 Å². The van der Waals surface area contributed by atoms with Gasteiger partial charge in [0.25, 0.3) is 0 Å². The number of hydrogen-bond acceptors (Lipinski definition) is 5. The van der Waals surface area contributed by atoms with Crippen LogP contribution < -0.4 is 0 Å². The molecule has 2 aromatic rings. The fraction of sp³-hybridized carbons (Fsp3) is 0.167. The van der Waals surface area contributed by atoms with Gasteiger partial charge in [-0.05, 0) is 24.3 Å². The van der Waals surface area contributed by atoms with Gasteiger partial charge in [0.1, 0.15) is 15.7 Å². The van der Waals surface area contributed by atoms with Crippen LogP contribution in [0, 0.1) is 5.82 Å². The molecule has 0 aliphatic carbocycles. The van der Waals surface area contributed by atoms with Gasteiger partial charge in [0.15, 0.2) is 0 Å². The fourth-order valence-electron chi connectivity index (χ4n) is 1.25. The summed E-state index contributed by atoms with van der Waals surface area (Å²) in [5.41, 5.74) is 0. The van der Waals surface area contributed by atoms with Gasteiger partial charge in [0.2, 0.25) is 0 Å². The van der Waals surface area contributed by atoms with Crippen molar-refractivity contribution in [2.24, 2.45) is 0 Å². The van der Waals surface area contributed by atoms with Gasteiger partial charge in [-0.1, -0.05) is 0 Å². The number of halogens is 1. The number of thioether (sulfide) groups is 1. The Morgan fingerprint density at radius 3 is 2.83 bits per heavy atom. The first-order chi connectivity index (χ1) is 8.69. The number of nitrogens with zero attached hydrogens (tertiary/aromatic N) is 1. The van der Waals surface area contributed by atoms with Crippen LogP contribution in [0.15, 0.2) is 35.4 Å². The molecule has 0 unspecified atom stereocenters. The molecule has 0 amide bonds. The Bertz CT molecular complexity index is 539. The number of aromatic nitrogens is 1. The van der Waals surface area contributed by atoms with Crippen molar-refractivity contribution in [1.82, 2.24) is 4.98 Å². The number of thiazole rings is 1. The lowest BCUT2D eigenvalue weighted by Gasteiger charge is -1.98. The summed E-state index contributed by atoms with van der Waals surface area (Å²) in [4.78, 5) is 16.8. The summed E-state index contributed by atoms with van der Waals surface area (Å²) in [5, 5.41) is 0.838. The first-order valence-corrected chi connectivity index (χ1v) is 6.90. The average Bonchev–Trinajstić information content (AvgIpc) is 2.86. The summed E-state index contributed by atoms with van der Waals surface area (Å²) in [7, 11) is 1.34. The van der Waals surface area contributed by atoms with Gasteiger partial charge >= 0.3 is 5.97 Å². The molecular weight excluding hydrogens is 273 g/mol. The van der Waals surface area contributed by atoms with Crippen LogP contribution in [0.25, 0.3) is 0 Å². The highest BCUT2D eigenvalue weighted by atomic mass is 32.2. The van der Waals surface area contributed by atoms with Crippen molar-refractivity contribution >= 4 is 29.1 Å². The monoisotopic (exact) mass is 283 g/mol.